The van der Waals surface area contributed by atoms with Gasteiger partial charge in [-0.1, -0.05) is 29.8 Å². The van der Waals surface area contributed by atoms with E-state index >= 15 is 0 Å². The van der Waals surface area contributed by atoms with Crippen LogP contribution in [0.4, 0.5) is 0 Å². The van der Waals surface area contributed by atoms with E-state index in [0.29, 0.717) is 18.1 Å². The molecule has 1 aliphatic heterocycles. The van der Waals surface area contributed by atoms with Crippen molar-refractivity contribution in [3.8, 4) is 0 Å². The molecule has 2 unspecified atom stereocenters. The second-order valence-corrected chi connectivity index (χ2v) is 5.66. The van der Waals surface area contributed by atoms with Crippen LogP contribution in [0.25, 0.3) is 0 Å². The Balaban J connectivity index is 1.80. The zero-order valence-corrected chi connectivity index (χ0v) is 12.3. The summed E-state index contributed by atoms with van der Waals surface area (Å²) < 4.78 is 5.50. The minimum Gasteiger partial charge on any atom is -0.379 e. The van der Waals surface area contributed by atoms with Crippen molar-refractivity contribution in [1.29, 1.82) is 0 Å². The first kappa shape index (κ1) is 14.5. The molecule has 1 aliphatic rings. The first-order chi connectivity index (χ1) is 9.15. The van der Waals surface area contributed by atoms with Crippen molar-refractivity contribution in [3.05, 3.63) is 35.4 Å². The highest BCUT2D eigenvalue weighted by Crippen LogP contribution is 2.15. The fraction of sp³-hybridized carbons (Fsp3) is 0.625. The first-order valence-corrected chi connectivity index (χ1v) is 7.29. The van der Waals surface area contributed by atoms with E-state index in [0.717, 1.165) is 26.2 Å². The molecular weight excluding hydrogens is 236 g/mol. The summed E-state index contributed by atoms with van der Waals surface area (Å²) in [5, 5.41) is 7.17. The second kappa shape index (κ2) is 7.04. The number of rotatable bonds is 5. The standard InChI is InChI=1S/C16H26N2O/c1-12-4-6-15(7-5-12)14(3)18-13(2)10-16-11-19-9-8-17-16/h4-7,13-14,16-18H,8-11H2,1-3H3/t13?,14-,16?/m0/s1. The zero-order chi connectivity index (χ0) is 13.7. The summed E-state index contributed by atoms with van der Waals surface area (Å²) >= 11 is 0. The Morgan fingerprint density at radius 1 is 1.32 bits per heavy atom. The molecule has 1 heterocycles. The molecule has 3 atom stereocenters. The van der Waals surface area contributed by atoms with Crippen molar-refractivity contribution in [2.24, 2.45) is 0 Å². The van der Waals surface area contributed by atoms with Gasteiger partial charge in [0.15, 0.2) is 0 Å². The quantitative estimate of drug-likeness (QED) is 0.855. The molecule has 106 valence electrons. The summed E-state index contributed by atoms with van der Waals surface area (Å²) in [6.07, 6.45) is 1.11. The highest BCUT2D eigenvalue weighted by atomic mass is 16.5. The summed E-state index contributed by atoms with van der Waals surface area (Å²) in [5.74, 6) is 0. The maximum atomic E-state index is 5.50. The molecule has 0 bridgehead atoms. The molecule has 3 nitrogen and oxygen atoms in total. The summed E-state index contributed by atoms with van der Waals surface area (Å²) in [6, 6.07) is 10.1. The van der Waals surface area contributed by atoms with Gasteiger partial charge in [0, 0.05) is 24.7 Å². The van der Waals surface area contributed by atoms with E-state index in [9.17, 15) is 0 Å². The lowest BCUT2D eigenvalue weighted by Gasteiger charge is -2.28. The van der Waals surface area contributed by atoms with Gasteiger partial charge in [0.1, 0.15) is 0 Å². The number of hydrogen-bond acceptors (Lipinski definition) is 3. The van der Waals surface area contributed by atoms with Crippen LogP contribution in [0.3, 0.4) is 0 Å². The molecule has 2 rings (SSSR count). The fourth-order valence-electron chi connectivity index (χ4n) is 2.64. The fourth-order valence-corrected chi connectivity index (χ4v) is 2.64. The lowest BCUT2D eigenvalue weighted by molar-refractivity contribution is 0.0708. The molecule has 19 heavy (non-hydrogen) atoms. The molecule has 1 aromatic carbocycles. The smallest absolute Gasteiger partial charge is 0.0620 e. The van der Waals surface area contributed by atoms with Crippen molar-refractivity contribution in [2.75, 3.05) is 19.8 Å². The normalized spacial score (nSPS) is 23.0. The largest absolute Gasteiger partial charge is 0.379 e. The molecule has 0 amide bonds. The summed E-state index contributed by atoms with van der Waals surface area (Å²) in [6.45, 7) is 9.26. The number of morpholine rings is 1. The SMILES string of the molecule is Cc1ccc([C@H](C)NC(C)CC2COCCN2)cc1. The van der Waals surface area contributed by atoms with Gasteiger partial charge in [-0.2, -0.15) is 0 Å². The van der Waals surface area contributed by atoms with E-state index in [2.05, 4.69) is 55.7 Å². The van der Waals surface area contributed by atoms with Gasteiger partial charge < -0.3 is 15.4 Å². The number of nitrogens with one attached hydrogen (secondary N) is 2. The number of hydrogen-bond donors (Lipinski definition) is 2. The Labute approximate surface area is 116 Å². The minimum absolute atomic E-state index is 0.389. The van der Waals surface area contributed by atoms with Crippen molar-refractivity contribution >= 4 is 0 Å². The maximum absolute atomic E-state index is 5.50. The van der Waals surface area contributed by atoms with Crippen LogP contribution in [0.5, 0.6) is 0 Å². The van der Waals surface area contributed by atoms with Crippen LogP contribution >= 0.6 is 0 Å². The van der Waals surface area contributed by atoms with Gasteiger partial charge in [-0.25, -0.2) is 0 Å². The third-order valence-corrected chi connectivity index (χ3v) is 3.75. The molecule has 1 fully saturated rings. The third-order valence-electron chi connectivity index (χ3n) is 3.75. The Bertz CT molecular complexity index is 371. The topological polar surface area (TPSA) is 33.3 Å². The van der Waals surface area contributed by atoms with E-state index in [-0.39, 0.29) is 0 Å². The van der Waals surface area contributed by atoms with Crippen LogP contribution < -0.4 is 10.6 Å². The van der Waals surface area contributed by atoms with Crippen molar-refractivity contribution in [3.63, 3.8) is 0 Å². The lowest BCUT2D eigenvalue weighted by Crippen LogP contribution is -2.45. The molecule has 0 saturated carbocycles. The highest BCUT2D eigenvalue weighted by molar-refractivity contribution is 5.23. The van der Waals surface area contributed by atoms with Crippen LogP contribution in [-0.2, 0) is 4.74 Å². The minimum atomic E-state index is 0.389. The molecule has 0 aliphatic carbocycles. The number of aryl methyl sites for hydroxylation is 1. The van der Waals surface area contributed by atoms with Gasteiger partial charge >= 0.3 is 0 Å². The molecule has 1 aromatic rings. The number of benzene rings is 1. The molecule has 0 radical (unpaired) electrons. The maximum Gasteiger partial charge on any atom is 0.0620 e. The van der Waals surface area contributed by atoms with Crippen LogP contribution in [-0.4, -0.2) is 31.8 Å². The highest BCUT2D eigenvalue weighted by Gasteiger charge is 2.17. The van der Waals surface area contributed by atoms with Gasteiger partial charge in [-0.3, -0.25) is 0 Å². The monoisotopic (exact) mass is 262 g/mol. The van der Waals surface area contributed by atoms with Crippen LogP contribution in [0.15, 0.2) is 24.3 Å². The van der Waals surface area contributed by atoms with Crippen molar-refractivity contribution in [1.82, 2.24) is 10.6 Å². The van der Waals surface area contributed by atoms with Crippen LogP contribution in [0.1, 0.15) is 37.4 Å². The Morgan fingerprint density at radius 3 is 2.68 bits per heavy atom. The third kappa shape index (κ3) is 4.60. The molecule has 3 heteroatoms. The molecule has 2 N–H and O–H groups in total. The van der Waals surface area contributed by atoms with Gasteiger partial charge in [0.05, 0.1) is 13.2 Å². The van der Waals surface area contributed by atoms with E-state index in [1.165, 1.54) is 11.1 Å². The zero-order valence-electron chi connectivity index (χ0n) is 12.3. The second-order valence-electron chi connectivity index (χ2n) is 5.66. The summed E-state index contributed by atoms with van der Waals surface area (Å²) in [7, 11) is 0. The van der Waals surface area contributed by atoms with Gasteiger partial charge in [0.2, 0.25) is 0 Å². The Hall–Kier alpha value is -0.900. The molecule has 1 saturated heterocycles. The van der Waals surface area contributed by atoms with E-state index < -0.39 is 0 Å². The summed E-state index contributed by atoms with van der Waals surface area (Å²) in [4.78, 5) is 0. The van der Waals surface area contributed by atoms with Gasteiger partial charge in [0.25, 0.3) is 0 Å². The average Bonchev–Trinajstić information content (AvgIpc) is 2.40. The Morgan fingerprint density at radius 2 is 2.05 bits per heavy atom. The first-order valence-electron chi connectivity index (χ1n) is 7.29. The van der Waals surface area contributed by atoms with E-state index in [4.69, 9.17) is 4.74 Å². The number of ether oxygens (including phenoxy) is 1. The van der Waals surface area contributed by atoms with E-state index in [1.54, 1.807) is 0 Å². The lowest BCUT2D eigenvalue weighted by atomic mass is 10.0. The van der Waals surface area contributed by atoms with Crippen LogP contribution in [0.2, 0.25) is 0 Å². The molecular formula is C16H26N2O. The Kier molecular flexibility index (Phi) is 5.37. The van der Waals surface area contributed by atoms with Gasteiger partial charge in [-0.15, -0.1) is 0 Å². The molecule has 0 aromatic heterocycles. The van der Waals surface area contributed by atoms with Crippen molar-refractivity contribution in [2.45, 2.75) is 45.3 Å². The van der Waals surface area contributed by atoms with E-state index in [1.807, 2.05) is 0 Å². The van der Waals surface area contributed by atoms with Gasteiger partial charge in [-0.05, 0) is 32.8 Å². The average molecular weight is 262 g/mol. The van der Waals surface area contributed by atoms with Crippen molar-refractivity contribution < 1.29 is 4.74 Å². The predicted octanol–water partition coefficient (Wildman–Crippen LogP) is 2.41. The summed E-state index contributed by atoms with van der Waals surface area (Å²) in [5.41, 5.74) is 2.66. The van der Waals surface area contributed by atoms with Crippen LogP contribution in [0, 0.1) is 6.92 Å². The predicted molar refractivity (Wildman–Crippen MR) is 79.4 cm³/mol. The molecule has 0 spiro atoms.